The van der Waals surface area contributed by atoms with Gasteiger partial charge in [0.25, 0.3) is 5.91 Å². The Morgan fingerprint density at radius 3 is 2.74 bits per heavy atom. The summed E-state index contributed by atoms with van der Waals surface area (Å²) >= 11 is 4.84. The summed E-state index contributed by atoms with van der Waals surface area (Å²) in [5.41, 5.74) is 0.491. The van der Waals surface area contributed by atoms with Gasteiger partial charge in [0.15, 0.2) is 0 Å². The Balaban J connectivity index is 2.15. The van der Waals surface area contributed by atoms with E-state index in [1.165, 1.54) is 0 Å². The minimum Gasteiger partial charge on any atom is -0.456 e. The first-order valence-corrected chi connectivity index (χ1v) is 6.06. The smallest absolute Gasteiger partial charge is 0.256 e. The SMILES string of the molecule is CC(=S)NC(=O)c1cccc(Oc2cccnc2)c1. The van der Waals surface area contributed by atoms with Crippen LogP contribution in [-0.2, 0) is 0 Å². The number of ether oxygens (including phenoxy) is 1. The van der Waals surface area contributed by atoms with Crippen LogP contribution in [0.4, 0.5) is 0 Å². The minimum atomic E-state index is -0.246. The van der Waals surface area contributed by atoms with Crippen molar-refractivity contribution in [2.75, 3.05) is 0 Å². The van der Waals surface area contributed by atoms with Crippen molar-refractivity contribution in [2.24, 2.45) is 0 Å². The van der Waals surface area contributed by atoms with Crippen LogP contribution in [0.5, 0.6) is 11.5 Å². The first-order chi connectivity index (χ1) is 9.15. The molecule has 1 heterocycles. The number of carbonyl (C=O) groups excluding carboxylic acids is 1. The molecule has 0 saturated heterocycles. The zero-order valence-electron chi connectivity index (χ0n) is 10.3. The predicted octanol–water partition coefficient (Wildman–Crippen LogP) is 2.95. The number of rotatable bonds is 3. The van der Waals surface area contributed by atoms with E-state index in [9.17, 15) is 4.79 Å². The summed E-state index contributed by atoms with van der Waals surface area (Å²) in [4.78, 5) is 16.2. The Kier molecular flexibility index (Phi) is 4.20. The Labute approximate surface area is 116 Å². The van der Waals surface area contributed by atoms with Gasteiger partial charge >= 0.3 is 0 Å². The number of aromatic nitrogens is 1. The molecule has 0 spiro atoms. The second kappa shape index (κ2) is 6.06. The molecule has 0 aliphatic rings. The normalized spacial score (nSPS) is 9.74. The van der Waals surface area contributed by atoms with Gasteiger partial charge < -0.3 is 10.1 Å². The molecule has 0 unspecified atom stereocenters. The fourth-order valence-corrected chi connectivity index (χ4v) is 1.57. The van der Waals surface area contributed by atoms with E-state index in [2.05, 4.69) is 10.3 Å². The fraction of sp³-hybridized carbons (Fsp3) is 0.0714. The molecule has 2 aromatic rings. The number of benzene rings is 1. The highest BCUT2D eigenvalue weighted by molar-refractivity contribution is 7.80. The van der Waals surface area contributed by atoms with Crippen molar-refractivity contribution >= 4 is 23.1 Å². The Hall–Kier alpha value is -2.27. The molecule has 0 fully saturated rings. The van der Waals surface area contributed by atoms with Crippen LogP contribution in [-0.4, -0.2) is 15.9 Å². The van der Waals surface area contributed by atoms with Crippen molar-refractivity contribution in [3.8, 4) is 11.5 Å². The van der Waals surface area contributed by atoms with Crippen molar-refractivity contribution in [1.82, 2.24) is 10.3 Å². The third-order valence-corrected chi connectivity index (χ3v) is 2.36. The molecule has 5 heteroatoms. The van der Waals surface area contributed by atoms with Crippen molar-refractivity contribution in [2.45, 2.75) is 6.92 Å². The molecular formula is C14H12N2O2S. The predicted molar refractivity (Wildman–Crippen MR) is 76.5 cm³/mol. The lowest BCUT2D eigenvalue weighted by molar-refractivity contribution is 0.0977. The van der Waals surface area contributed by atoms with E-state index in [4.69, 9.17) is 17.0 Å². The zero-order chi connectivity index (χ0) is 13.7. The standard InChI is InChI=1S/C14H12N2O2S/c1-10(19)16-14(17)11-4-2-5-12(8-11)18-13-6-3-7-15-9-13/h2-9H,1H3,(H,16,17,19). The van der Waals surface area contributed by atoms with Crippen molar-refractivity contribution in [1.29, 1.82) is 0 Å². The first kappa shape index (κ1) is 13.2. The van der Waals surface area contributed by atoms with Gasteiger partial charge in [-0.1, -0.05) is 18.3 Å². The zero-order valence-corrected chi connectivity index (χ0v) is 11.1. The number of nitrogens with zero attached hydrogens (tertiary/aromatic N) is 1. The molecule has 96 valence electrons. The maximum Gasteiger partial charge on any atom is 0.256 e. The molecular weight excluding hydrogens is 260 g/mol. The second-order valence-electron chi connectivity index (χ2n) is 3.83. The topological polar surface area (TPSA) is 51.2 Å². The van der Waals surface area contributed by atoms with Crippen LogP contribution >= 0.6 is 12.2 Å². The van der Waals surface area contributed by atoms with Gasteiger partial charge in [-0.05, 0) is 37.3 Å². The highest BCUT2D eigenvalue weighted by Crippen LogP contribution is 2.21. The van der Waals surface area contributed by atoms with Crippen molar-refractivity contribution in [3.63, 3.8) is 0 Å². The lowest BCUT2D eigenvalue weighted by Gasteiger charge is -2.07. The van der Waals surface area contributed by atoms with E-state index in [1.54, 1.807) is 55.7 Å². The molecule has 1 aromatic carbocycles. The molecule has 0 atom stereocenters. The van der Waals surface area contributed by atoms with Gasteiger partial charge in [0.05, 0.1) is 11.2 Å². The lowest BCUT2D eigenvalue weighted by atomic mass is 10.2. The molecule has 19 heavy (non-hydrogen) atoms. The van der Waals surface area contributed by atoms with Gasteiger partial charge in [-0.15, -0.1) is 0 Å². The van der Waals surface area contributed by atoms with E-state index in [1.807, 2.05) is 0 Å². The molecule has 1 N–H and O–H groups in total. The Morgan fingerprint density at radius 1 is 1.26 bits per heavy atom. The Bertz CT molecular complexity index is 599. The average Bonchev–Trinajstić information content (AvgIpc) is 2.39. The summed E-state index contributed by atoms with van der Waals surface area (Å²) in [5, 5.41) is 2.57. The molecule has 0 aliphatic carbocycles. The summed E-state index contributed by atoms with van der Waals surface area (Å²) < 4.78 is 5.60. The molecule has 4 nitrogen and oxygen atoms in total. The van der Waals surface area contributed by atoms with Crippen LogP contribution in [0.3, 0.4) is 0 Å². The van der Waals surface area contributed by atoms with Gasteiger partial charge in [0.1, 0.15) is 11.5 Å². The number of carbonyl (C=O) groups is 1. The molecule has 0 aliphatic heterocycles. The molecule has 1 aromatic heterocycles. The van der Waals surface area contributed by atoms with Crippen molar-refractivity contribution < 1.29 is 9.53 Å². The van der Waals surface area contributed by atoms with Crippen LogP contribution in [0.15, 0.2) is 48.8 Å². The lowest BCUT2D eigenvalue weighted by Crippen LogP contribution is -2.26. The van der Waals surface area contributed by atoms with Crippen LogP contribution in [0.2, 0.25) is 0 Å². The summed E-state index contributed by atoms with van der Waals surface area (Å²) in [5.74, 6) is 0.942. The second-order valence-corrected chi connectivity index (χ2v) is 4.44. The van der Waals surface area contributed by atoms with Crippen molar-refractivity contribution in [3.05, 3.63) is 54.4 Å². The monoisotopic (exact) mass is 272 g/mol. The van der Waals surface area contributed by atoms with E-state index in [0.717, 1.165) is 0 Å². The molecule has 2 rings (SSSR count). The maximum absolute atomic E-state index is 11.8. The number of amides is 1. The third-order valence-electron chi connectivity index (χ3n) is 2.26. The fourth-order valence-electron chi connectivity index (χ4n) is 1.48. The summed E-state index contributed by atoms with van der Waals surface area (Å²) in [6, 6.07) is 10.4. The highest BCUT2D eigenvalue weighted by atomic mass is 32.1. The quantitative estimate of drug-likeness (QED) is 0.873. The molecule has 0 radical (unpaired) electrons. The van der Waals surface area contributed by atoms with E-state index in [0.29, 0.717) is 22.1 Å². The number of nitrogens with one attached hydrogen (secondary N) is 1. The first-order valence-electron chi connectivity index (χ1n) is 5.65. The van der Waals surface area contributed by atoms with Crippen LogP contribution in [0.1, 0.15) is 17.3 Å². The largest absolute Gasteiger partial charge is 0.456 e. The van der Waals surface area contributed by atoms with Crippen LogP contribution in [0.25, 0.3) is 0 Å². The van der Waals surface area contributed by atoms with Crippen LogP contribution in [0, 0.1) is 0 Å². The average molecular weight is 272 g/mol. The third kappa shape index (κ3) is 3.86. The molecule has 1 amide bonds. The highest BCUT2D eigenvalue weighted by Gasteiger charge is 2.07. The van der Waals surface area contributed by atoms with Crippen LogP contribution < -0.4 is 10.1 Å². The summed E-state index contributed by atoms with van der Waals surface area (Å²) in [6.07, 6.45) is 3.27. The number of thiocarbonyl (C=S) groups is 1. The summed E-state index contributed by atoms with van der Waals surface area (Å²) in [6.45, 7) is 1.66. The van der Waals surface area contributed by atoms with Gasteiger partial charge in [-0.25, -0.2) is 0 Å². The van der Waals surface area contributed by atoms with Gasteiger partial charge in [0.2, 0.25) is 0 Å². The van der Waals surface area contributed by atoms with E-state index < -0.39 is 0 Å². The maximum atomic E-state index is 11.8. The number of hydrogen-bond donors (Lipinski definition) is 1. The van der Waals surface area contributed by atoms with E-state index in [-0.39, 0.29) is 5.91 Å². The minimum absolute atomic E-state index is 0.246. The Morgan fingerprint density at radius 2 is 2.05 bits per heavy atom. The van der Waals surface area contributed by atoms with Gasteiger partial charge in [-0.2, -0.15) is 0 Å². The van der Waals surface area contributed by atoms with E-state index >= 15 is 0 Å². The van der Waals surface area contributed by atoms with Gasteiger partial charge in [-0.3, -0.25) is 9.78 Å². The molecule has 0 bridgehead atoms. The molecule has 0 saturated carbocycles. The number of pyridine rings is 1. The number of hydrogen-bond acceptors (Lipinski definition) is 4. The van der Waals surface area contributed by atoms with Gasteiger partial charge in [0, 0.05) is 11.8 Å². The summed E-state index contributed by atoms with van der Waals surface area (Å²) in [7, 11) is 0.